The van der Waals surface area contributed by atoms with E-state index in [-0.39, 0.29) is 6.04 Å². The molecular weight excluding hydrogens is 270 g/mol. The van der Waals surface area contributed by atoms with E-state index in [0.29, 0.717) is 16.7 Å². The molecule has 0 aliphatic heterocycles. The highest BCUT2D eigenvalue weighted by atomic mass is 19.4. The maximum atomic E-state index is 13.3. The van der Waals surface area contributed by atoms with E-state index in [1.165, 1.54) is 24.3 Å². The molecule has 0 saturated heterocycles. The van der Waals surface area contributed by atoms with Crippen LogP contribution < -0.4 is 5.73 Å². The van der Waals surface area contributed by atoms with Gasteiger partial charge in [0.2, 0.25) is 0 Å². The lowest BCUT2D eigenvalue weighted by Crippen LogP contribution is -2.07. The summed E-state index contributed by atoms with van der Waals surface area (Å²) in [7, 11) is 0. The minimum absolute atomic E-state index is 0.340. The van der Waals surface area contributed by atoms with Crippen molar-refractivity contribution in [3.05, 3.63) is 59.4 Å². The largest absolute Gasteiger partial charge is 0.416 e. The van der Waals surface area contributed by atoms with E-state index >= 15 is 0 Å². The van der Waals surface area contributed by atoms with Crippen LogP contribution in [0.3, 0.4) is 0 Å². The number of hydrogen-bond acceptors (Lipinski definition) is 1. The van der Waals surface area contributed by atoms with Crippen molar-refractivity contribution in [2.24, 2.45) is 5.73 Å². The van der Waals surface area contributed by atoms with Gasteiger partial charge in [0.25, 0.3) is 0 Å². The molecule has 5 heteroatoms. The van der Waals surface area contributed by atoms with Crippen molar-refractivity contribution in [1.29, 1.82) is 0 Å². The minimum Gasteiger partial charge on any atom is -0.324 e. The minimum atomic E-state index is -4.38. The van der Waals surface area contributed by atoms with Gasteiger partial charge in [-0.3, -0.25) is 0 Å². The lowest BCUT2D eigenvalue weighted by atomic mass is 9.95. The van der Waals surface area contributed by atoms with Gasteiger partial charge in [0.1, 0.15) is 5.82 Å². The van der Waals surface area contributed by atoms with Gasteiger partial charge in [0, 0.05) is 6.04 Å². The van der Waals surface area contributed by atoms with Gasteiger partial charge in [-0.15, -0.1) is 0 Å². The number of alkyl halides is 3. The fourth-order valence-electron chi connectivity index (χ4n) is 2.01. The van der Waals surface area contributed by atoms with Crippen LogP contribution in [0.1, 0.15) is 24.1 Å². The maximum Gasteiger partial charge on any atom is 0.416 e. The van der Waals surface area contributed by atoms with Crippen molar-refractivity contribution in [1.82, 2.24) is 0 Å². The molecule has 106 valence electrons. The summed E-state index contributed by atoms with van der Waals surface area (Å²) in [6.07, 6.45) is -4.38. The third kappa shape index (κ3) is 2.99. The second-order valence-electron chi connectivity index (χ2n) is 4.60. The standard InChI is InChI=1S/C15H13F4N/c1-9(20)13-7-6-12(16)8-14(13)10-2-4-11(5-3-10)15(17,18)19/h2-9H,20H2,1H3. The van der Waals surface area contributed by atoms with E-state index in [1.54, 1.807) is 13.0 Å². The SMILES string of the molecule is CC(N)c1ccc(F)cc1-c1ccc(C(F)(F)F)cc1. The van der Waals surface area contributed by atoms with Gasteiger partial charge >= 0.3 is 6.18 Å². The molecule has 2 aromatic rings. The van der Waals surface area contributed by atoms with E-state index in [1.807, 2.05) is 0 Å². The normalized spacial score (nSPS) is 13.3. The van der Waals surface area contributed by atoms with Gasteiger partial charge in [-0.05, 0) is 47.9 Å². The summed E-state index contributed by atoms with van der Waals surface area (Å²) in [4.78, 5) is 0. The lowest BCUT2D eigenvalue weighted by Gasteiger charge is -2.14. The second kappa shape index (κ2) is 5.25. The van der Waals surface area contributed by atoms with Crippen LogP contribution in [-0.4, -0.2) is 0 Å². The number of hydrogen-bond donors (Lipinski definition) is 1. The lowest BCUT2D eigenvalue weighted by molar-refractivity contribution is -0.137. The predicted molar refractivity (Wildman–Crippen MR) is 69.4 cm³/mol. The van der Waals surface area contributed by atoms with Gasteiger partial charge in [-0.25, -0.2) is 4.39 Å². The van der Waals surface area contributed by atoms with Crippen LogP contribution in [0.25, 0.3) is 11.1 Å². The molecule has 0 saturated carbocycles. The Morgan fingerprint density at radius 1 is 1.00 bits per heavy atom. The van der Waals surface area contributed by atoms with Crippen molar-refractivity contribution >= 4 is 0 Å². The summed E-state index contributed by atoms with van der Waals surface area (Å²) in [5.74, 6) is -0.454. The molecule has 0 radical (unpaired) electrons. The van der Waals surface area contributed by atoms with E-state index < -0.39 is 17.6 Å². The Labute approximate surface area is 114 Å². The van der Waals surface area contributed by atoms with E-state index in [4.69, 9.17) is 5.73 Å². The molecule has 1 unspecified atom stereocenters. The van der Waals surface area contributed by atoms with Crippen molar-refractivity contribution in [2.75, 3.05) is 0 Å². The first kappa shape index (κ1) is 14.5. The molecule has 0 amide bonds. The first-order valence-corrected chi connectivity index (χ1v) is 6.01. The van der Waals surface area contributed by atoms with Crippen molar-refractivity contribution in [2.45, 2.75) is 19.1 Å². The highest BCUT2D eigenvalue weighted by Gasteiger charge is 2.30. The highest BCUT2D eigenvalue weighted by molar-refractivity contribution is 5.68. The van der Waals surface area contributed by atoms with Crippen LogP contribution in [0.5, 0.6) is 0 Å². The summed E-state index contributed by atoms with van der Waals surface area (Å²) in [6.45, 7) is 1.74. The summed E-state index contributed by atoms with van der Waals surface area (Å²) >= 11 is 0. The zero-order valence-corrected chi connectivity index (χ0v) is 10.7. The molecule has 0 heterocycles. The molecule has 20 heavy (non-hydrogen) atoms. The number of nitrogens with two attached hydrogens (primary N) is 1. The summed E-state index contributed by atoms with van der Waals surface area (Å²) in [5.41, 5.74) is 6.76. The van der Waals surface area contributed by atoms with Gasteiger partial charge in [-0.2, -0.15) is 13.2 Å². The molecule has 0 aliphatic carbocycles. The van der Waals surface area contributed by atoms with Gasteiger partial charge in [0.05, 0.1) is 5.56 Å². The molecule has 0 fully saturated rings. The molecule has 0 bridgehead atoms. The molecule has 1 nitrogen and oxygen atoms in total. The number of benzene rings is 2. The zero-order valence-electron chi connectivity index (χ0n) is 10.7. The van der Waals surface area contributed by atoms with Gasteiger partial charge < -0.3 is 5.73 Å². The second-order valence-corrected chi connectivity index (χ2v) is 4.60. The monoisotopic (exact) mass is 283 g/mol. The van der Waals surface area contributed by atoms with Crippen LogP contribution >= 0.6 is 0 Å². The van der Waals surface area contributed by atoms with Crippen LogP contribution in [0.4, 0.5) is 17.6 Å². The Kier molecular flexibility index (Phi) is 3.81. The van der Waals surface area contributed by atoms with Crippen LogP contribution in [0.15, 0.2) is 42.5 Å². The predicted octanol–water partition coefficient (Wildman–Crippen LogP) is 4.53. The molecule has 0 aromatic heterocycles. The molecule has 1 atom stereocenters. The molecule has 0 spiro atoms. The Balaban J connectivity index is 2.49. The molecule has 2 rings (SSSR count). The smallest absolute Gasteiger partial charge is 0.324 e. The third-order valence-corrected chi connectivity index (χ3v) is 3.03. The van der Waals surface area contributed by atoms with Gasteiger partial charge in [0.15, 0.2) is 0 Å². The number of rotatable bonds is 2. The Hall–Kier alpha value is -1.88. The fraction of sp³-hybridized carbons (Fsp3) is 0.200. The van der Waals surface area contributed by atoms with Crippen LogP contribution in [-0.2, 0) is 6.18 Å². The first-order chi connectivity index (χ1) is 9.29. The van der Waals surface area contributed by atoms with Gasteiger partial charge in [-0.1, -0.05) is 18.2 Å². The summed E-state index contributed by atoms with van der Waals surface area (Å²) in [5, 5.41) is 0. The Morgan fingerprint density at radius 3 is 2.10 bits per heavy atom. The van der Waals surface area contributed by atoms with Crippen molar-refractivity contribution in [3.8, 4) is 11.1 Å². The van der Waals surface area contributed by atoms with Crippen LogP contribution in [0.2, 0.25) is 0 Å². The molecule has 0 aliphatic rings. The maximum absolute atomic E-state index is 13.3. The highest BCUT2D eigenvalue weighted by Crippen LogP contribution is 2.33. The average Bonchev–Trinajstić information content (AvgIpc) is 2.37. The average molecular weight is 283 g/mol. The van der Waals surface area contributed by atoms with E-state index in [0.717, 1.165) is 12.1 Å². The Bertz CT molecular complexity index is 600. The fourth-order valence-corrected chi connectivity index (χ4v) is 2.01. The first-order valence-electron chi connectivity index (χ1n) is 6.01. The quantitative estimate of drug-likeness (QED) is 0.805. The molecular formula is C15H13F4N. The van der Waals surface area contributed by atoms with E-state index in [9.17, 15) is 17.6 Å². The molecule has 2 aromatic carbocycles. The summed E-state index contributed by atoms with van der Waals surface area (Å²) < 4.78 is 50.9. The number of halogens is 4. The molecule has 2 N–H and O–H groups in total. The Morgan fingerprint density at radius 2 is 1.60 bits per heavy atom. The topological polar surface area (TPSA) is 26.0 Å². The van der Waals surface area contributed by atoms with Crippen molar-refractivity contribution in [3.63, 3.8) is 0 Å². The van der Waals surface area contributed by atoms with Crippen LogP contribution in [0, 0.1) is 5.82 Å². The third-order valence-electron chi connectivity index (χ3n) is 3.03. The summed E-state index contributed by atoms with van der Waals surface area (Å²) in [6, 6.07) is 8.37. The van der Waals surface area contributed by atoms with Crippen molar-refractivity contribution < 1.29 is 17.6 Å². The van der Waals surface area contributed by atoms with E-state index in [2.05, 4.69) is 0 Å². The zero-order chi connectivity index (χ0) is 14.9.